The van der Waals surface area contributed by atoms with Gasteiger partial charge in [-0.15, -0.1) is 0 Å². The van der Waals surface area contributed by atoms with E-state index in [1.807, 2.05) is 0 Å². The third-order valence-electron chi connectivity index (χ3n) is 9.23. The van der Waals surface area contributed by atoms with Gasteiger partial charge in [-0.3, -0.25) is 38.9 Å². The average molecular weight is 815 g/mol. The molecule has 13 rings (SSSR count). The molecule has 0 spiro atoms. The molecule has 0 saturated carbocycles. The molecule has 6 aromatic rings. The van der Waals surface area contributed by atoms with Crippen LogP contribution in [0.2, 0.25) is 0 Å². The Morgan fingerprint density at radius 1 is 0.417 bits per heavy atom. The van der Waals surface area contributed by atoms with E-state index in [4.69, 9.17) is 0 Å². The van der Waals surface area contributed by atoms with Gasteiger partial charge in [0.05, 0.1) is 0 Å². The molecular formula is C40H34N10O10. The minimum Gasteiger partial charge on any atom is -0.480 e. The Balaban J connectivity index is 1.35. The molecular weight excluding hydrogens is 780 g/mol. The molecule has 20 nitrogen and oxygen atoms in total. The lowest BCUT2D eigenvalue weighted by Gasteiger charge is -2.25. The molecule has 0 fully saturated rings. The highest BCUT2D eigenvalue weighted by Crippen LogP contribution is 2.30. The largest absolute Gasteiger partial charge is 0.480 e. The van der Waals surface area contributed by atoms with Gasteiger partial charge in [0.1, 0.15) is 26.2 Å². The van der Waals surface area contributed by atoms with Crippen molar-refractivity contribution in [1.82, 2.24) is 29.9 Å². The fourth-order valence-corrected chi connectivity index (χ4v) is 6.54. The van der Waals surface area contributed by atoms with Gasteiger partial charge in [0.15, 0.2) is 0 Å². The van der Waals surface area contributed by atoms with Gasteiger partial charge in [-0.05, 0) is 83.6 Å². The van der Waals surface area contributed by atoms with E-state index in [2.05, 4.69) is 29.9 Å². The first-order chi connectivity index (χ1) is 28.8. The van der Waals surface area contributed by atoms with Crippen LogP contribution in [0, 0.1) is 0 Å². The summed E-state index contributed by atoms with van der Waals surface area (Å²) in [6.45, 7) is -2.51. The quantitative estimate of drug-likeness (QED) is 0.129. The van der Waals surface area contributed by atoms with Gasteiger partial charge < -0.3 is 30.2 Å². The van der Waals surface area contributed by atoms with Gasteiger partial charge in [-0.25, -0.2) is 9.59 Å². The van der Waals surface area contributed by atoms with Gasteiger partial charge >= 0.3 is 35.3 Å². The van der Waals surface area contributed by atoms with E-state index in [1.165, 1.54) is 19.6 Å². The number of aromatic amines is 2. The number of carboxylic acid groups (broad SMARTS) is 4. The maximum absolute atomic E-state index is 12.9. The second-order valence-electron chi connectivity index (χ2n) is 13.5. The minimum absolute atomic E-state index is 0.190. The molecule has 0 atom stereocenters. The van der Waals surface area contributed by atoms with Crippen LogP contribution >= 0.6 is 0 Å². The molecule has 0 unspecified atom stereocenters. The third kappa shape index (κ3) is 9.40. The van der Waals surface area contributed by atoms with Crippen LogP contribution in [0.4, 0.5) is 46.5 Å². The topological polar surface area (TPSA) is 279 Å². The summed E-state index contributed by atoms with van der Waals surface area (Å²) in [6.07, 6.45) is 0.759. The van der Waals surface area contributed by atoms with Crippen molar-refractivity contribution >= 4 is 70.4 Å². The number of benzene rings is 4. The van der Waals surface area contributed by atoms with Crippen molar-refractivity contribution in [2.24, 2.45) is 0 Å². The maximum Gasteiger partial charge on any atom is 0.351 e. The number of aromatic nitrogens is 6. The number of carboxylic acids is 4. The fraction of sp³-hybridized carbons (Fsp3) is 0.150. The summed E-state index contributed by atoms with van der Waals surface area (Å²) >= 11 is 0. The molecule has 7 aliphatic rings. The zero-order valence-corrected chi connectivity index (χ0v) is 31.3. The van der Waals surface area contributed by atoms with Crippen molar-refractivity contribution in [2.45, 2.75) is 12.8 Å². The first-order valence-corrected chi connectivity index (χ1v) is 18.1. The number of H-pyrrole nitrogens is 2. The van der Waals surface area contributed by atoms with E-state index < -0.39 is 61.4 Å². The van der Waals surface area contributed by atoms with Gasteiger partial charge in [-0.2, -0.15) is 19.9 Å². The first kappa shape index (κ1) is 39.8. The number of nitrogens with zero attached hydrogens (tertiary/aromatic N) is 8. The fourth-order valence-electron chi connectivity index (χ4n) is 6.54. The van der Waals surface area contributed by atoms with E-state index in [1.54, 1.807) is 97.1 Å². The first-order valence-electron chi connectivity index (χ1n) is 18.1. The molecule has 304 valence electrons. The molecule has 9 heterocycles. The van der Waals surface area contributed by atoms with Gasteiger partial charge in [0, 0.05) is 22.7 Å². The number of nitrogens with one attached hydrogen (secondary N) is 2. The number of rotatable bonds is 8. The Kier molecular flexibility index (Phi) is 11.3. The number of carbonyl (C=O) groups is 4. The second kappa shape index (κ2) is 17.0. The summed E-state index contributed by atoms with van der Waals surface area (Å²) in [5, 5.41) is 39.3. The Bertz CT molecular complexity index is 2330. The van der Waals surface area contributed by atoms with Gasteiger partial charge in [-0.1, -0.05) is 48.5 Å². The number of hydrogen-bond donors (Lipinski definition) is 6. The highest BCUT2D eigenvalue weighted by Gasteiger charge is 2.24. The predicted octanol–water partition coefficient (Wildman–Crippen LogP) is 3.03. The van der Waals surface area contributed by atoms with Crippen molar-refractivity contribution in [1.29, 1.82) is 0 Å². The SMILES string of the molecule is O=C(O)CN1c2ccc(cc2)Cc2ccc(cc2)N(CC(=O)O)c2nc([nH]c(=O)n2)N(CC(=O)O)c2ccc(cc2)Cc2ccc(cc2)N(CC(=O)O)c2nc1nc(=O)[nH]2. The molecule has 20 heteroatoms. The molecule has 0 saturated heterocycles. The molecule has 0 amide bonds. The van der Waals surface area contributed by atoms with Crippen LogP contribution in [0.3, 0.4) is 0 Å². The molecule has 12 bridgehead atoms. The normalized spacial score (nSPS) is 12.7. The summed E-state index contributed by atoms with van der Waals surface area (Å²) in [6, 6.07) is 26.9. The number of aliphatic carboxylic acids is 4. The minimum atomic E-state index is -1.25. The third-order valence-corrected chi connectivity index (χ3v) is 9.23. The van der Waals surface area contributed by atoms with Crippen LogP contribution in [-0.4, -0.2) is 100 Å². The molecule has 6 N–H and O–H groups in total. The standard InChI is InChI=1S/C40H34N10O10/c51-31(52)19-47-27-9-1-23(2-10-27)17-24-3-11-28(12-4-24)48(20-32(53)54)37-42-38(46-40(60)45-37)50(22-34(57)58)30-15-7-26(8-16-30)18-25-5-13-29(14-6-25)49(21-33(55)56)36-41-35(47)43-39(59)44-36/h1-16H,17-22H2,(H,51,52)(H,53,54)(H,55,56)(H,57,58)(H,41,43,44,59)(H,42,45,46,60). The Hall–Kier alpha value is -8.42. The molecule has 60 heavy (non-hydrogen) atoms. The van der Waals surface area contributed by atoms with Gasteiger partial charge in [0.25, 0.3) is 0 Å². The van der Waals surface area contributed by atoms with Crippen molar-refractivity contribution in [3.8, 4) is 0 Å². The highest BCUT2D eigenvalue weighted by molar-refractivity contribution is 5.80. The summed E-state index contributed by atoms with van der Waals surface area (Å²) in [5.41, 5.74) is 2.71. The van der Waals surface area contributed by atoms with Crippen molar-refractivity contribution in [3.63, 3.8) is 0 Å². The summed E-state index contributed by atoms with van der Waals surface area (Å²) in [4.78, 5) is 101. The van der Waals surface area contributed by atoms with Crippen molar-refractivity contribution < 1.29 is 39.6 Å². The van der Waals surface area contributed by atoms with Crippen LogP contribution in [-0.2, 0) is 32.0 Å². The molecule has 2 aromatic heterocycles. The van der Waals surface area contributed by atoms with Crippen LogP contribution in [0.5, 0.6) is 0 Å². The van der Waals surface area contributed by atoms with E-state index in [0.29, 0.717) is 35.6 Å². The number of anilines is 8. The van der Waals surface area contributed by atoms with Gasteiger partial charge in [0.2, 0.25) is 23.8 Å². The molecule has 0 aliphatic carbocycles. The van der Waals surface area contributed by atoms with Crippen LogP contribution in [0.25, 0.3) is 0 Å². The zero-order chi connectivity index (χ0) is 42.5. The Labute approximate surface area is 338 Å². The van der Waals surface area contributed by atoms with E-state index in [0.717, 1.165) is 22.3 Å². The summed E-state index contributed by atoms with van der Waals surface area (Å²) in [7, 11) is 0. The van der Waals surface area contributed by atoms with Crippen molar-refractivity contribution in [3.05, 3.63) is 140 Å². The van der Waals surface area contributed by atoms with Crippen LogP contribution in [0.15, 0.2) is 107 Å². The molecule has 4 aromatic carbocycles. The Morgan fingerprint density at radius 2 is 0.667 bits per heavy atom. The van der Waals surface area contributed by atoms with Crippen LogP contribution in [0.1, 0.15) is 22.3 Å². The highest BCUT2D eigenvalue weighted by atomic mass is 16.4. The average Bonchev–Trinajstić information content (AvgIpc) is 3.20. The monoisotopic (exact) mass is 814 g/mol. The van der Waals surface area contributed by atoms with E-state index in [-0.39, 0.29) is 23.8 Å². The molecule has 0 radical (unpaired) electrons. The van der Waals surface area contributed by atoms with Crippen LogP contribution < -0.4 is 31.0 Å². The lowest BCUT2D eigenvalue weighted by atomic mass is 10.0. The predicted molar refractivity (Wildman–Crippen MR) is 215 cm³/mol. The second-order valence-corrected chi connectivity index (χ2v) is 13.5. The van der Waals surface area contributed by atoms with E-state index in [9.17, 15) is 49.2 Å². The van der Waals surface area contributed by atoms with E-state index >= 15 is 0 Å². The number of hydrogen-bond acceptors (Lipinski definition) is 14. The molecule has 7 aliphatic heterocycles. The van der Waals surface area contributed by atoms with Crippen molar-refractivity contribution in [2.75, 3.05) is 45.8 Å². The Morgan fingerprint density at radius 3 is 0.933 bits per heavy atom. The maximum atomic E-state index is 12.9. The lowest BCUT2D eigenvalue weighted by molar-refractivity contribution is -0.136. The smallest absolute Gasteiger partial charge is 0.351 e. The zero-order valence-electron chi connectivity index (χ0n) is 31.3. The summed E-state index contributed by atoms with van der Waals surface area (Å²) in [5.74, 6) is -5.93. The summed E-state index contributed by atoms with van der Waals surface area (Å²) < 4.78 is 0. The lowest BCUT2D eigenvalue weighted by Crippen LogP contribution is -2.33.